The van der Waals surface area contributed by atoms with Crippen molar-refractivity contribution in [2.24, 2.45) is 12.1 Å². The first-order chi connectivity index (χ1) is 11.2. The van der Waals surface area contributed by atoms with Gasteiger partial charge < -0.3 is 0 Å². The Bertz CT molecular complexity index is 780. The summed E-state index contributed by atoms with van der Waals surface area (Å²) in [5.41, 5.74) is 2.84. The quantitative estimate of drug-likeness (QED) is 0.667. The summed E-state index contributed by atoms with van der Waals surface area (Å²) >= 11 is 0. The van der Waals surface area contributed by atoms with Gasteiger partial charge in [-0.05, 0) is 26.8 Å². The molecule has 0 aromatic carbocycles. The highest BCUT2D eigenvalue weighted by Gasteiger charge is 2.21. The number of halogens is 3. The molecular weight excluding hydrogens is 325 g/mol. The lowest BCUT2D eigenvalue weighted by Crippen LogP contribution is -2.28. The van der Waals surface area contributed by atoms with Crippen LogP contribution in [0.2, 0.25) is 0 Å². The van der Waals surface area contributed by atoms with Crippen molar-refractivity contribution < 1.29 is 18.0 Å². The maximum Gasteiger partial charge on any atom is 0.282 e. The third kappa shape index (κ3) is 3.47. The lowest BCUT2D eigenvalue weighted by Gasteiger charge is -2.12. The van der Waals surface area contributed by atoms with E-state index in [1.807, 2.05) is 0 Å². The zero-order chi connectivity index (χ0) is 18.0. The Morgan fingerprint density at radius 3 is 2.54 bits per heavy atom. The van der Waals surface area contributed by atoms with Gasteiger partial charge in [-0.3, -0.25) is 9.48 Å². The Labute approximate surface area is 136 Å². The highest BCUT2D eigenvalue weighted by Crippen LogP contribution is 2.20. The van der Waals surface area contributed by atoms with Gasteiger partial charge in [-0.15, -0.1) is 0 Å². The summed E-state index contributed by atoms with van der Waals surface area (Å²) in [5, 5.41) is 11.3. The SMILES string of the molecule is Cc1nn(C)c(F)c1/C=N\NC(=O)[C@@H](C)n1nc(C(F)F)cc1C. The molecule has 2 heterocycles. The smallest absolute Gasteiger partial charge is 0.271 e. The fourth-order valence-corrected chi connectivity index (χ4v) is 2.17. The first kappa shape index (κ1) is 17.7. The molecule has 0 aliphatic rings. The van der Waals surface area contributed by atoms with E-state index in [-0.39, 0.29) is 5.56 Å². The summed E-state index contributed by atoms with van der Waals surface area (Å²) in [6, 6.07) is 0.362. The number of nitrogens with one attached hydrogen (secondary N) is 1. The molecule has 0 unspecified atom stereocenters. The van der Waals surface area contributed by atoms with Crippen LogP contribution in [0, 0.1) is 19.8 Å². The van der Waals surface area contributed by atoms with Gasteiger partial charge in [0.1, 0.15) is 11.7 Å². The van der Waals surface area contributed by atoms with Crippen molar-refractivity contribution >= 4 is 12.1 Å². The van der Waals surface area contributed by atoms with Gasteiger partial charge in [0.25, 0.3) is 12.3 Å². The Kier molecular flexibility index (Phi) is 5.05. The Morgan fingerprint density at radius 1 is 1.38 bits per heavy atom. The van der Waals surface area contributed by atoms with E-state index >= 15 is 0 Å². The van der Waals surface area contributed by atoms with Gasteiger partial charge in [-0.1, -0.05) is 0 Å². The summed E-state index contributed by atoms with van der Waals surface area (Å²) in [7, 11) is 1.45. The first-order valence-electron chi connectivity index (χ1n) is 7.08. The lowest BCUT2D eigenvalue weighted by atomic mass is 10.3. The molecule has 2 aromatic rings. The second-order valence-electron chi connectivity index (χ2n) is 5.28. The number of hydrogen-bond acceptors (Lipinski definition) is 4. The van der Waals surface area contributed by atoms with E-state index in [9.17, 15) is 18.0 Å². The minimum Gasteiger partial charge on any atom is -0.271 e. The van der Waals surface area contributed by atoms with Gasteiger partial charge >= 0.3 is 0 Å². The summed E-state index contributed by atoms with van der Waals surface area (Å²) in [6.07, 6.45) is -1.57. The second kappa shape index (κ2) is 6.85. The molecule has 7 nitrogen and oxygen atoms in total. The van der Waals surface area contributed by atoms with Crippen molar-refractivity contribution in [2.75, 3.05) is 0 Å². The molecule has 0 saturated heterocycles. The molecule has 2 aromatic heterocycles. The van der Waals surface area contributed by atoms with Gasteiger partial charge in [-0.25, -0.2) is 18.9 Å². The molecule has 0 fully saturated rings. The first-order valence-corrected chi connectivity index (χ1v) is 7.08. The van der Waals surface area contributed by atoms with Crippen LogP contribution in [0.1, 0.15) is 42.0 Å². The Hall–Kier alpha value is -2.65. The molecule has 130 valence electrons. The number of carbonyl (C=O) groups is 1. The normalized spacial score (nSPS) is 13.0. The van der Waals surface area contributed by atoms with Crippen LogP contribution >= 0.6 is 0 Å². The number of hydrazone groups is 1. The Balaban J connectivity index is 2.08. The standard InChI is InChI=1S/C14H17F3N6O/c1-7-5-11(12(15)16)21-23(7)9(3)14(24)19-18-6-10-8(2)20-22(4)13(10)17/h5-6,9,12H,1-4H3,(H,19,24)/b18-6-/t9-/m1/s1. The van der Waals surface area contributed by atoms with Crippen LogP contribution in [-0.2, 0) is 11.8 Å². The van der Waals surface area contributed by atoms with E-state index in [0.717, 1.165) is 10.9 Å². The number of aromatic nitrogens is 4. The average molecular weight is 342 g/mol. The summed E-state index contributed by atoms with van der Waals surface area (Å²) in [4.78, 5) is 12.1. The van der Waals surface area contributed by atoms with Crippen LogP contribution in [0.25, 0.3) is 0 Å². The van der Waals surface area contributed by atoms with Gasteiger partial charge in [0.05, 0.1) is 17.5 Å². The molecule has 1 atom stereocenters. The topological polar surface area (TPSA) is 77.1 Å². The van der Waals surface area contributed by atoms with Crippen LogP contribution in [0.5, 0.6) is 0 Å². The number of alkyl halides is 2. The van der Waals surface area contributed by atoms with E-state index in [1.54, 1.807) is 13.8 Å². The number of hydrogen-bond donors (Lipinski definition) is 1. The fourth-order valence-electron chi connectivity index (χ4n) is 2.17. The summed E-state index contributed by atoms with van der Waals surface area (Å²) < 4.78 is 41.3. The maximum atomic E-state index is 13.7. The third-order valence-corrected chi connectivity index (χ3v) is 3.48. The molecule has 10 heteroatoms. The molecule has 2 rings (SSSR count). The predicted octanol–water partition coefficient (Wildman–Crippen LogP) is 2.02. The number of nitrogens with zero attached hydrogens (tertiary/aromatic N) is 5. The van der Waals surface area contributed by atoms with Gasteiger partial charge in [0.15, 0.2) is 0 Å². The van der Waals surface area contributed by atoms with Crippen molar-refractivity contribution in [3.05, 3.63) is 34.7 Å². The van der Waals surface area contributed by atoms with Gasteiger partial charge in [-0.2, -0.15) is 19.7 Å². The second-order valence-corrected chi connectivity index (χ2v) is 5.28. The van der Waals surface area contributed by atoms with E-state index in [1.165, 1.54) is 24.7 Å². The molecule has 0 bridgehead atoms. The van der Waals surface area contributed by atoms with E-state index in [0.29, 0.717) is 11.4 Å². The van der Waals surface area contributed by atoms with Crippen LogP contribution in [0.3, 0.4) is 0 Å². The fraction of sp³-hybridized carbons (Fsp3) is 0.429. The molecule has 24 heavy (non-hydrogen) atoms. The number of rotatable bonds is 5. The largest absolute Gasteiger partial charge is 0.282 e. The highest BCUT2D eigenvalue weighted by atomic mass is 19.3. The van der Waals surface area contributed by atoms with Crippen LogP contribution in [0.4, 0.5) is 13.2 Å². The minimum atomic E-state index is -2.71. The molecule has 0 spiro atoms. The Morgan fingerprint density at radius 2 is 2.04 bits per heavy atom. The molecule has 1 amide bonds. The molecule has 1 N–H and O–H groups in total. The van der Waals surface area contributed by atoms with Gasteiger partial charge in [0.2, 0.25) is 5.95 Å². The van der Waals surface area contributed by atoms with Crippen molar-refractivity contribution in [3.63, 3.8) is 0 Å². The molecule has 0 radical (unpaired) electrons. The summed E-state index contributed by atoms with van der Waals surface area (Å²) in [6.45, 7) is 4.67. The number of aryl methyl sites for hydroxylation is 3. The van der Waals surface area contributed by atoms with Gasteiger partial charge in [0, 0.05) is 12.7 Å². The van der Waals surface area contributed by atoms with Crippen LogP contribution < -0.4 is 5.43 Å². The maximum absolute atomic E-state index is 13.7. The third-order valence-electron chi connectivity index (χ3n) is 3.48. The lowest BCUT2D eigenvalue weighted by molar-refractivity contribution is -0.124. The van der Waals surface area contributed by atoms with Crippen molar-refractivity contribution in [1.29, 1.82) is 0 Å². The number of carbonyl (C=O) groups excluding carboxylic acids is 1. The predicted molar refractivity (Wildman–Crippen MR) is 80.3 cm³/mol. The zero-order valence-electron chi connectivity index (χ0n) is 13.6. The zero-order valence-corrected chi connectivity index (χ0v) is 13.6. The van der Waals surface area contributed by atoms with E-state index < -0.39 is 30.0 Å². The number of amides is 1. The van der Waals surface area contributed by atoms with E-state index in [4.69, 9.17) is 0 Å². The van der Waals surface area contributed by atoms with Crippen molar-refractivity contribution in [2.45, 2.75) is 33.2 Å². The van der Waals surface area contributed by atoms with Crippen LogP contribution in [-0.4, -0.2) is 31.7 Å². The summed E-state index contributed by atoms with van der Waals surface area (Å²) in [5.74, 6) is -1.15. The minimum absolute atomic E-state index is 0.153. The molecule has 0 saturated carbocycles. The van der Waals surface area contributed by atoms with Crippen LogP contribution in [0.15, 0.2) is 11.2 Å². The van der Waals surface area contributed by atoms with Crippen molar-refractivity contribution in [3.8, 4) is 0 Å². The molecular formula is C14H17F3N6O. The van der Waals surface area contributed by atoms with Crippen molar-refractivity contribution in [1.82, 2.24) is 25.0 Å². The average Bonchev–Trinajstić information content (AvgIpc) is 3.01. The van der Waals surface area contributed by atoms with E-state index in [2.05, 4.69) is 20.7 Å². The molecule has 0 aliphatic heterocycles. The highest BCUT2D eigenvalue weighted by molar-refractivity contribution is 5.84. The monoisotopic (exact) mass is 342 g/mol. The molecule has 0 aliphatic carbocycles.